The van der Waals surface area contributed by atoms with E-state index in [1.165, 1.54) is 12.1 Å². The van der Waals surface area contributed by atoms with Crippen LogP contribution in [-0.2, 0) is 10.4 Å². The number of nitrogens with zero attached hydrogens (tertiary/aromatic N) is 1. The Labute approximate surface area is 106 Å². The van der Waals surface area contributed by atoms with Crippen molar-refractivity contribution in [2.24, 2.45) is 5.92 Å². The smallest absolute Gasteiger partial charge is 0.123 e. The molecule has 1 N–H and O–H groups in total. The quantitative estimate of drug-likeness (QED) is 0.824. The lowest BCUT2D eigenvalue weighted by Gasteiger charge is -2.28. The summed E-state index contributed by atoms with van der Waals surface area (Å²) >= 11 is 0. The molecule has 0 aromatic heterocycles. The number of nitrogens with one attached hydrogen (secondary N) is 1. The van der Waals surface area contributed by atoms with Gasteiger partial charge in [0.25, 0.3) is 0 Å². The summed E-state index contributed by atoms with van der Waals surface area (Å²) in [6.45, 7) is 7.21. The van der Waals surface area contributed by atoms with Gasteiger partial charge in [-0.3, -0.25) is 4.90 Å². The van der Waals surface area contributed by atoms with Gasteiger partial charge < -0.3 is 4.84 Å². The number of fused-ring (bicyclic) bond motifs is 1. The van der Waals surface area contributed by atoms with Gasteiger partial charge in [-0.15, -0.1) is 6.58 Å². The molecular formula is C14H17FN2O. The Morgan fingerprint density at radius 3 is 3.00 bits per heavy atom. The summed E-state index contributed by atoms with van der Waals surface area (Å²) < 4.78 is 13.0. The maximum atomic E-state index is 13.0. The van der Waals surface area contributed by atoms with E-state index in [1.54, 1.807) is 0 Å². The highest BCUT2D eigenvalue weighted by Gasteiger charge is 2.51. The van der Waals surface area contributed by atoms with Crippen LogP contribution < -0.4 is 5.48 Å². The Morgan fingerprint density at radius 1 is 1.50 bits per heavy atom. The van der Waals surface area contributed by atoms with Crippen LogP contribution in [0.4, 0.5) is 4.39 Å². The fourth-order valence-corrected chi connectivity index (χ4v) is 3.05. The summed E-state index contributed by atoms with van der Waals surface area (Å²) in [5.74, 6) is 0.203. The van der Waals surface area contributed by atoms with E-state index in [0.29, 0.717) is 12.5 Å². The van der Waals surface area contributed by atoms with Crippen LogP contribution in [0.3, 0.4) is 0 Å². The van der Waals surface area contributed by atoms with E-state index in [0.717, 1.165) is 25.2 Å². The molecule has 2 unspecified atom stereocenters. The zero-order valence-electron chi connectivity index (χ0n) is 10.2. The number of hydrogen-bond acceptors (Lipinski definition) is 3. The van der Waals surface area contributed by atoms with Gasteiger partial charge in [0, 0.05) is 25.6 Å². The van der Waals surface area contributed by atoms with Gasteiger partial charge in [-0.25, -0.2) is 4.39 Å². The lowest BCUT2D eigenvalue weighted by molar-refractivity contribution is 0.0489. The Balaban J connectivity index is 1.91. The SMILES string of the molecule is C=CCN1CC2CONC2(c2ccc(F)cc2)C1. The van der Waals surface area contributed by atoms with Crippen LogP contribution in [0.25, 0.3) is 0 Å². The maximum Gasteiger partial charge on any atom is 0.123 e. The third-order valence-corrected chi connectivity index (χ3v) is 3.93. The average molecular weight is 248 g/mol. The van der Waals surface area contributed by atoms with Crippen molar-refractivity contribution < 1.29 is 9.23 Å². The standard InChI is InChI=1S/C14H17FN2O/c1-2-7-17-8-12-9-18-16-14(12,10-17)11-3-5-13(15)6-4-11/h2-6,12,16H,1,7-10H2. The van der Waals surface area contributed by atoms with Crippen LogP contribution in [0.5, 0.6) is 0 Å². The second-order valence-electron chi connectivity index (χ2n) is 5.07. The van der Waals surface area contributed by atoms with E-state index in [9.17, 15) is 4.39 Å². The second-order valence-corrected chi connectivity index (χ2v) is 5.07. The predicted molar refractivity (Wildman–Crippen MR) is 67.3 cm³/mol. The first-order valence-corrected chi connectivity index (χ1v) is 6.23. The lowest BCUT2D eigenvalue weighted by atomic mass is 9.82. The van der Waals surface area contributed by atoms with Crippen molar-refractivity contribution in [3.8, 4) is 0 Å². The summed E-state index contributed by atoms with van der Waals surface area (Å²) in [5, 5.41) is 0. The molecule has 0 spiro atoms. The van der Waals surface area contributed by atoms with Gasteiger partial charge in [0.1, 0.15) is 5.82 Å². The fraction of sp³-hybridized carbons (Fsp3) is 0.429. The van der Waals surface area contributed by atoms with Crippen LogP contribution in [-0.4, -0.2) is 31.1 Å². The van der Waals surface area contributed by atoms with E-state index >= 15 is 0 Å². The molecule has 3 nitrogen and oxygen atoms in total. The molecular weight excluding hydrogens is 231 g/mol. The molecule has 0 saturated carbocycles. The maximum absolute atomic E-state index is 13.0. The number of hydrogen-bond donors (Lipinski definition) is 1. The topological polar surface area (TPSA) is 24.5 Å². The predicted octanol–water partition coefficient (Wildman–Crippen LogP) is 1.67. The molecule has 2 aliphatic heterocycles. The molecule has 0 amide bonds. The van der Waals surface area contributed by atoms with Crippen LogP contribution in [0.15, 0.2) is 36.9 Å². The van der Waals surface area contributed by atoms with Crippen LogP contribution in [0, 0.1) is 11.7 Å². The Hall–Kier alpha value is -1.23. The fourth-order valence-electron chi connectivity index (χ4n) is 3.05. The van der Waals surface area contributed by atoms with Gasteiger partial charge in [-0.1, -0.05) is 18.2 Å². The Kier molecular flexibility index (Phi) is 2.93. The molecule has 4 heteroatoms. The van der Waals surface area contributed by atoms with E-state index < -0.39 is 0 Å². The van der Waals surface area contributed by atoms with Crippen molar-refractivity contribution in [2.75, 3.05) is 26.2 Å². The van der Waals surface area contributed by atoms with Crippen molar-refractivity contribution in [1.82, 2.24) is 10.4 Å². The van der Waals surface area contributed by atoms with Crippen molar-refractivity contribution in [3.63, 3.8) is 0 Å². The zero-order valence-corrected chi connectivity index (χ0v) is 10.2. The summed E-state index contributed by atoms with van der Waals surface area (Å²) in [6, 6.07) is 6.72. The molecule has 1 aromatic rings. The molecule has 2 aliphatic rings. The summed E-state index contributed by atoms with van der Waals surface area (Å²) in [5.41, 5.74) is 4.06. The zero-order chi connectivity index (χ0) is 12.6. The third-order valence-electron chi connectivity index (χ3n) is 3.93. The van der Waals surface area contributed by atoms with Gasteiger partial charge in [-0.2, -0.15) is 5.48 Å². The second kappa shape index (κ2) is 4.46. The van der Waals surface area contributed by atoms with Crippen molar-refractivity contribution in [2.45, 2.75) is 5.54 Å². The third kappa shape index (κ3) is 1.77. The Bertz CT molecular complexity index is 448. The summed E-state index contributed by atoms with van der Waals surface area (Å²) in [6.07, 6.45) is 1.92. The molecule has 2 fully saturated rings. The molecule has 18 heavy (non-hydrogen) atoms. The minimum atomic E-state index is -0.202. The first-order valence-electron chi connectivity index (χ1n) is 6.23. The van der Waals surface area contributed by atoms with E-state index in [1.807, 2.05) is 18.2 Å². The first-order chi connectivity index (χ1) is 8.74. The number of benzene rings is 1. The first kappa shape index (κ1) is 11.8. The Morgan fingerprint density at radius 2 is 2.28 bits per heavy atom. The highest BCUT2D eigenvalue weighted by Crippen LogP contribution is 2.40. The largest absolute Gasteiger partial charge is 0.300 e. The number of hydroxylamine groups is 1. The average Bonchev–Trinajstić information content (AvgIpc) is 2.87. The molecule has 2 saturated heterocycles. The lowest BCUT2D eigenvalue weighted by Crippen LogP contribution is -2.43. The molecule has 96 valence electrons. The summed E-state index contributed by atoms with van der Waals surface area (Å²) in [4.78, 5) is 7.77. The number of halogens is 1. The van der Waals surface area contributed by atoms with Crippen LogP contribution >= 0.6 is 0 Å². The van der Waals surface area contributed by atoms with Gasteiger partial charge in [0.15, 0.2) is 0 Å². The van der Waals surface area contributed by atoms with Gasteiger partial charge in [0.05, 0.1) is 12.1 Å². The van der Waals surface area contributed by atoms with Crippen LogP contribution in [0.2, 0.25) is 0 Å². The highest BCUT2D eigenvalue weighted by atomic mass is 19.1. The van der Waals surface area contributed by atoms with Crippen LogP contribution in [0.1, 0.15) is 5.56 Å². The highest BCUT2D eigenvalue weighted by molar-refractivity contribution is 5.29. The number of likely N-dealkylation sites (tertiary alicyclic amines) is 1. The normalized spacial score (nSPS) is 31.5. The van der Waals surface area contributed by atoms with Crippen molar-refractivity contribution in [3.05, 3.63) is 48.3 Å². The molecule has 3 rings (SSSR count). The minimum absolute atomic E-state index is 0.198. The molecule has 2 heterocycles. The van der Waals surface area contributed by atoms with Crippen molar-refractivity contribution >= 4 is 0 Å². The van der Waals surface area contributed by atoms with E-state index in [-0.39, 0.29) is 11.4 Å². The molecule has 0 radical (unpaired) electrons. The molecule has 1 aromatic carbocycles. The molecule has 0 aliphatic carbocycles. The van der Waals surface area contributed by atoms with Gasteiger partial charge in [0.2, 0.25) is 0 Å². The molecule has 0 bridgehead atoms. The number of rotatable bonds is 3. The van der Waals surface area contributed by atoms with E-state index in [4.69, 9.17) is 4.84 Å². The minimum Gasteiger partial charge on any atom is -0.300 e. The monoisotopic (exact) mass is 248 g/mol. The molecule has 2 atom stereocenters. The van der Waals surface area contributed by atoms with Crippen molar-refractivity contribution in [1.29, 1.82) is 0 Å². The summed E-state index contributed by atoms with van der Waals surface area (Å²) in [7, 11) is 0. The van der Waals surface area contributed by atoms with E-state index in [2.05, 4.69) is 17.0 Å². The van der Waals surface area contributed by atoms with Gasteiger partial charge in [-0.05, 0) is 17.7 Å². The van der Waals surface area contributed by atoms with Gasteiger partial charge >= 0.3 is 0 Å².